The third-order valence-electron chi connectivity index (χ3n) is 4.59. The fourth-order valence-corrected chi connectivity index (χ4v) is 3.21. The summed E-state index contributed by atoms with van der Waals surface area (Å²) in [4.78, 5) is 10.9. The molecule has 0 heterocycles. The first-order valence-corrected chi connectivity index (χ1v) is 8.27. The average Bonchev–Trinajstić information content (AvgIpc) is 2.79. The van der Waals surface area contributed by atoms with Gasteiger partial charge in [-0.2, -0.15) is 0 Å². The molecule has 0 aromatic heterocycles. The van der Waals surface area contributed by atoms with Crippen LogP contribution >= 0.6 is 0 Å². The van der Waals surface area contributed by atoms with Crippen LogP contribution in [0, 0.1) is 0 Å². The average molecular weight is 306 g/mol. The SMILES string of the molecule is C/C(=C\c1ccc(C(=O)O)cc1)c1ccc2c(c1)CCCCC2. The van der Waals surface area contributed by atoms with Crippen molar-refractivity contribution in [2.45, 2.75) is 39.0 Å². The molecule has 0 saturated heterocycles. The van der Waals surface area contributed by atoms with Crippen molar-refractivity contribution >= 4 is 17.6 Å². The predicted molar refractivity (Wildman–Crippen MR) is 94.6 cm³/mol. The number of carbonyl (C=O) groups is 1. The molecule has 118 valence electrons. The molecule has 0 atom stereocenters. The third-order valence-corrected chi connectivity index (χ3v) is 4.59. The largest absolute Gasteiger partial charge is 0.478 e. The Morgan fingerprint density at radius 1 is 0.913 bits per heavy atom. The summed E-state index contributed by atoms with van der Waals surface area (Å²) in [5.74, 6) is -0.886. The van der Waals surface area contributed by atoms with Gasteiger partial charge in [0.1, 0.15) is 0 Å². The van der Waals surface area contributed by atoms with Gasteiger partial charge in [0.15, 0.2) is 0 Å². The zero-order chi connectivity index (χ0) is 16.2. The van der Waals surface area contributed by atoms with E-state index in [1.807, 2.05) is 12.1 Å². The number of allylic oxidation sites excluding steroid dienone is 1. The second-order valence-corrected chi connectivity index (χ2v) is 6.30. The summed E-state index contributed by atoms with van der Waals surface area (Å²) in [7, 11) is 0. The molecule has 0 unspecified atom stereocenters. The molecule has 0 saturated carbocycles. The van der Waals surface area contributed by atoms with Crippen molar-refractivity contribution < 1.29 is 9.90 Å². The van der Waals surface area contributed by atoms with Crippen LogP contribution in [0.1, 0.15) is 58.8 Å². The fourth-order valence-electron chi connectivity index (χ4n) is 3.21. The van der Waals surface area contributed by atoms with Gasteiger partial charge in [-0.3, -0.25) is 0 Å². The molecule has 1 aliphatic rings. The molecule has 2 heteroatoms. The topological polar surface area (TPSA) is 37.3 Å². The molecular formula is C21H22O2. The van der Waals surface area contributed by atoms with E-state index < -0.39 is 5.97 Å². The minimum atomic E-state index is -0.886. The highest BCUT2D eigenvalue weighted by Gasteiger charge is 2.09. The molecule has 0 radical (unpaired) electrons. The van der Waals surface area contributed by atoms with Crippen LogP contribution in [0.5, 0.6) is 0 Å². The quantitative estimate of drug-likeness (QED) is 0.624. The van der Waals surface area contributed by atoms with E-state index >= 15 is 0 Å². The lowest BCUT2D eigenvalue weighted by molar-refractivity contribution is 0.0697. The summed E-state index contributed by atoms with van der Waals surface area (Å²) < 4.78 is 0. The Morgan fingerprint density at radius 3 is 2.26 bits per heavy atom. The van der Waals surface area contributed by atoms with Crippen LogP contribution in [0.25, 0.3) is 11.6 Å². The molecule has 2 nitrogen and oxygen atoms in total. The van der Waals surface area contributed by atoms with E-state index in [1.165, 1.54) is 54.4 Å². The highest BCUT2D eigenvalue weighted by molar-refractivity contribution is 5.88. The first-order chi connectivity index (χ1) is 11.1. The van der Waals surface area contributed by atoms with Crippen molar-refractivity contribution in [1.82, 2.24) is 0 Å². The second kappa shape index (κ2) is 6.82. The van der Waals surface area contributed by atoms with E-state index in [-0.39, 0.29) is 0 Å². The lowest BCUT2D eigenvalue weighted by atomic mass is 9.96. The Labute approximate surface area is 137 Å². The van der Waals surface area contributed by atoms with Gasteiger partial charge >= 0.3 is 5.97 Å². The van der Waals surface area contributed by atoms with Crippen LogP contribution in [0.2, 0.25) is 0 Å². The van der Waals surface area contributed by atoms with E-state index in [9.17, 15) is 4.79 Å². The van der Waals surface area contributed by atoms with Crippen molar-refractivity contribution in [3.05, 3.63) is 70.3 Å². The molecule has 2 aromatic rings. The molecule has 23 heavy (non-hydrogen) atoms. The monoisotopic (exact) mass is 306 g/mol. The number of hydrogen-bond donors (Lipinski definition) is 1. The number of fused-ring (bicyclic) bond motifs is 1. The van der Waals surface area contributed by atoms with Crippen LogP contribution in [0.15, 0.2) is 42.5 Å². The summed E-state index contributed by atoms with van der Waals surface area (Å²) >= 11 is 0. The molecule has 0 bridgehead atoms. The number of carboxylic acid groups (broad SMARTS) is 1. The number of aromatic carboxylic acids is 1. The number of benzene rings is 2. The van der Waals surface area contributed by atoms with Gasteiger partial charge in [-0.1, -0.05) is 42.8 Å². The number of rotatable bonds is 3. The Hall–Kier alpha value is -2.35. The van der Waals surface area contributed by atoms with Gasteiger partial charge in [-0.05, 0) is 72.6 Å². The third kappa shape index (κ3) is 3.70. The molecule has 0 amide bonds. The molecule has 0 aliphatic heterocycles. The Bertz CT molecular complexity index is 739. The number of hydrogen-bond acceptors (Lipinski definition) is 1. The predicted octanol–water partition coefficient (Wildman–Crippen LogP) is 5.21. The van der Waals surface area contributed by atoms with Crippen molar-refractivity contribution in [2.75, 3.05) is 0 Å². The van der Waals surface area contributed by atoms with Crippen LogP contribution in [-0.2, 0) is 12.8 Å². The maximum atomic E-state index is 10.9. The van der Waals surface area contributed by atoms with Gasteiger partial charge in [-0.15, -0.1) is 0 Å². The molecule has 0 spiro atoms. The Kier molecular flexibility index (Phi) is 4.61. The zero-order valence-corrected chi connectivity index (χ0v) is 13.5. The summed E-state index contributed by atoms with van der Waals surface area (Å²) in [5, 5.41) is 8.96. The fraction of sp³-hybridized carbons (Fsp3) is 0.286. The molecule has 2 aromatic carbocycles. The van der Waals surface area contributed by atoms with Gasteiger partial charge in [0.25, 0.3) is 0 Å². The van der Waals surface area contributed by atoms with Gasteiger partial charge in [0, 0.05) is 0 Å². The number of aryl methyl sites for hydroxylation is 2. The van der Waals surface area contributed by atoms with E-state index in [1.54, 1.807) is 12.1 Å². The standard InChI is InChI=1S/C21H22O2/c1-15(13-16-7-9-18(10-8-16)21(22)23)19-12-11-17-5-3-2-4-6-20(17)14-19/h7-14H,2-6H2,1H3,(H,22,23)/b15-13+. The highest BCUT2D eigenvalue weighted by Crippen LogP contribution is 2.25. The van der Waals surface area contributed by atoms with Crippen molar-refractivity contribution in [3.8, 4) is 0 Å². The van der Waals surface area contributed by atoms with E-state index in [4.69, 9.17) is 5.11 Å². The molecular weight excluding hydrogens is 284 g/mol. The summed E-state index contributed by atoms with van der Waals surface area (Å²) in [6.07, 6.45) is 8.42. The van der Waals surface area contributed by atoms with Gasteiger partial charge in [-0.25, -0.2) is 4.79 Å². The second-order valence-electron chi connectivity index (χ2n) is 6.30. The smallest absolute Gasteiger partial charge is 0.335 e. The maximum absolute atomic E-state index is 10.9. The summed E-state index contributed by atoms with van der Waals surface area (Å²) in [6, 6.07) is 13.8. The van der Waals surface area contributed by atoms with Crippen molar-refractivity contribution in [2.24, 2.45) is 0 Å². The van der Waals surface area contributed by atoms with E-state index in [0.29, 0.717) is 5.56 Å². The maximum Gasteiger partial charge on any atom is 0.335 e. The first kappa shape index (κ1) is 15.5. The van der Waals surface area contributed by atoms with Crippen molar-refractivity contribution in [3.63, 3.8) is 0 Å². The van der Waals surface area contributed by atoms with Crippen LogP contribution < -0.4 is 0 Å². The van der Waals surface area contributed by atoms with Crippen molar-refractivity contribution in [1.29, 1.82) is 0 Å². The Morgan fingerprint density at radius 2 is 1.57 bits per heavy atom. The van der Waals surface area contributed by atoms with E-state index in [2.05, 4.69) is 31.2 Å². The summed E-state index contributed by atoms with van der Waals surface area (Å²) in [6.45, 7) is 2.11. The minimum Gasteiger partial charge on any atom is -0.478 e. The van der Waals surface area contributed by atoms with Crippen LogP contribution in [0.3, 0.4) is 0 Å². The lowest BCUT2D eigenvalue weighted by Gasteiger charge is -2.09. The normalized spacial score (nSPS) is 14.9. The zero-order valence-electron chi connectivity index (χ0n) is 13.5. The van der Waals surface area contributed by atoms with Gasteiger partial charge in [0.2, 0.25) is 0 Å². The van der Waals surface area contributed by atoms with Crippen LogP contribution in [0.4, 0.5) is 0 Å². The van der Waals surface area contributed by atoms with Crippen LogP contribution in [-0.4, -0.2) is 11.1 Å². The van der Waals surface area contributed by atoms with Gasteiger partial charge in [0.05, 0.1) is 5.56 Å². The Balaban J connectivity index is 1.85. The number of carboxylic acids is 1. The van der Waals surface area contributed by atoms with Gasteiger partial charge < -0.3 is 5.11 Å². The summed E-state index contributed by atoms with van der Waals surface area (Å²) in [5.41, 5.74) is 6.82. The molecule has 0 fully saturated rings. The molecule has 3 rings (SSSR count). The minimum absolute atomic E-state index is 0.324. The van der Waals surface area contributed by atoms with E-state index in [0.717, 1.165) is 5.56 Å². The first-order valence-electron chi connectivity index (χ1n) is 8.27. The molecule has 1 N–H and O–H groups in total. The molecule has 1 aliphatic carbocycles. The lowest BCUT2D eigenvalue weighted by Crippen LogP contribution is -1.95. The highest BCUT2D eigenvalue weighted by atomic mass is 16.4.